The summed E-state index contributed by atoms with van der Waals surface area (Å²) in [6.07, 6.45) is 6.65. The highest BCUT2D eigenvalue weighted by molar-refractivity contribution is 5.78. The molecule has 106 valence electrons. The van der Waals surface area contributed by atoms with E-state index in [1.54, 1.807) is 0 Å². The fraction of sp³-hybridized carbons (Fsp3) is 0.929. The second-order valence-electron chi connectivity index (χ2n) is 5.47. The molecule has 0 radical (unpaired) electrons. The maximum Gasteiger partial charge on any atom is 0.234 e. The Balaban J connectivity index is 2.24. The molecule has 4 heteroatoms. The molecule has 0 bridgehead atoms. The van der Waals surface area contributed by atoms with Crippen molar-refractivity contribution in [3.05, 3.63) is 0 Å². The minimum atomic E-state index is 0.0678. The van der Waals surface area contributed by atoms with Crippen LogP contribution in [0.2, 0.25) is 0 Å². The van der Waals surface area contributed by atoms with Gasteiger partial charge in [0.25, 0.3) is 0 Å². The van der Waals surface area contributed by atoms with E-state index in [1.165, 1.54) is 12.8 Å². The van der Waals surface area contributed by atoms with Crippen LogP contribution in [0.3, 0.4) is 0 Å². The van der Waals surface area contributed by atoms with Crippen molar-refractivity contribution in [2.75, 3.05) is 13.2 Å². The van der Waals surface area contributed by atoms with Gasteiger partial charge in [0.05, 0.1) is 6.54 Å². The van der Waals surface area contributed by atoms with E-state index in [-0.39, 0.29) is 18.6 Å². The van der Waals surface area contributed by atoms with Crippen LogP contribution in [-0.2, 0) is 4.79 Å². The Kier molecular flexibility index (Phi) is 7.28. The molecule has 1 aliphatic carbocycles. The van der Waals surface area contributed by atoms with Crippen molar-refractivity contribution in [2.24, 2.45) is 5.92 Å². The molecule has 0 spiro atoms. The molecule has 4 nitrogen and oxygen atoms in total. The maximum atomic E-state index is 11.7. The van der Waals surface area contributed by atoms with Gasteiger partial charge in [-0.05, 0) is 32.1 Å². The lowest BCUT2D eigenvalue weighted by Gasteiger charge is -2.31. The normalized spacial score (nSPS) is 25.7. The molecule has 0 aromatic carbocycles. The van der Waals surface area contributed by atoms with Crippen molar-refractivity contribution < 1.29 is 9.90 Å². The SMILES string of the molecule is CCCC(C)NC(=O)CNC1CCCCC1CO. The second kappa shape index (κ2) is 8.48. The fourth-order valence-electron chi connectivity index (χ4n) is 2.75. The Morgan fingerprint density at radius 2 is 2.11 bits per heavy atom. The summed E-state index contributed by atoms with van der Waals surface area (Å²) in [6, 6.07) is 0.556. The standard InChI is InChI=1S/C14H28N2O2/c1-3-6-11(2)16-14(18)9-15-13-8-5-4-7-12(13)10-17/h11-13,15,17H,3-10H2,1-2H3,(H,16,18). The van der Waals surface area contributed by atoms with E-state index in [2.05, 4.69) is 17.6 Å². The smallest absolute Gasteiger partial charge is 0.234 e. The van der Waals surface area contributed by atoms with Gasteiger partial charge in [0, 0.05) is 18.7 Å². The fourth-order valence-corrected chi connectivity index (χ4v) is 2.75. The van der Waals surface area contributed by atoms with Gasteiger partial charge in [-0.15, -0.1) is 0 Å². The average molecular weight is 256 g/mol. The molecule has 3 N–H and O–H groups in total. The molecule has 1 saturated carbocycles. The van der Waals surface area contributed by atoms with Gasteiger partial charge in [0.1, 0.15) is 0 Å². The number of aliphatic hydroxyl groups is 1. The monoisotopic (exact) mass is 256 g/mol. The summed E-state index contributed by atoms with van der Waals surface area (Å²) in [5, 5.41) is 15.6. The van der Waals surface area contributed by atoms with E-state index in [9.17, 15) is 9.90 Å². The summed E-state index contributed by atoms with van der Waals surface area (Å²) >= 11 is 0. The third-order valence-corrected chi connectivity index (χ3v) is 3.80. The lowest BCUT2D eigenvalue weighted by molar-refractivity contribution is -0.121. The number of nitrogens with one attached hydrogen (secondary N) is 2. The summed E-state index contributed by atoms with van der Waals surface area (Å²) in [6.45, 7) is 4.76. The highest BCUT2D eigenvalue weighted by Gasteiger charge is 2.24. The average Bonchev–Trinajstić information content (AvgIpc) is 2.37. The van der Waals surface area contributed by atoms with E-state index >= 15 is 0 Å². The van der Waals surface area contributed by atoms with Crippen molar-refractivity contribution in [3.63, 3.8) is 0 Å². The first kappa shape index (κ1) is 15.4. The predicted octanol–water partition coefficient (Wildman–Crippen LogP) is 1.43. The van der Waals surface area contributed by atoms with Gasteiger partial charge in [0.15, 0.2) is 0 Å². The van der Waals surface area contributed by atoms with Crippen LogP contribution in [0.15, 0.2) is 0 Å². The molecule has 1 fully saturated rings. The van der Waals surface area contributed by atoms with Gasteiger partial charge in [-0.1, -0.05) is 26.2 Å². The highest BCUT2D eigenvalue weighted by Crippen LogP contribution is 2.23. The first-order valence-electron chi connectivity index (χ1n) is 7.31. The van der Waals surface area contributed by atoms with E-state index in [1.807, 2.05) is 6.92 Å². The summed E-state index contributed by atoms with van der Waals surface area (Å²) in [4.78, 5) is 11.7. The third-order valence-electron chi connectivity index (χ3n) is 3.80. The number of hydrogen-bond donors (Lipinski definition) is 3. The Labute approximate surface area is 111 Å². The van der Waals surface area contributed by atoms with E-state index in [0.717, 1.165) is 25.7 Å². The van der Waals surface area contributed by atoms with Crippen LogP contribution in [0, 0.1) is 5.92 Å². The number of amides is 1. The molecule has 3 unspecified atom stereocenters. The van der Waals surface area contributed by atoms with E-state index in [0.29, 0.717) is 18.5 Å². The molecule has 1 rings (SSSR count). The molecular formula is C14H28N2O2. The molecule has 1 amide bonds. The molecule has 1 aliphatic rings. The lowest BCUT2D eigenvalue weighted by Crippen LogP contribution is -2.46. The minimum Gasteiger partial charge on any atom is -0.396 e. The molecular weight excluding hydrogens is 228 g/mol. The van der Waals surface area contributed by atoms with E-state index < -0.39 is 0 Å². The van der Waals surface area contributed by atoms with Crippen molar-refractivity contribution in [3.8, 4) is 0 Å². The maximum absolute atomic E-state index is 11.7. The number of rotatable bonds is 7. The zero-order valence-corrected chi connectivity index (χ0v) is 11.7. The summed E-state index contributed by atoms with van der Waals surface area (Å²) in [5.41, 5.74) is 0. The minimum absolute atomic E-state index is 0.0678. The first-order valence-corrected chi connectivity index (χ1v) is 7.31. The molecule has 0 aromatic heterocycles. The van der Waals surface area contributed by atoms with Crippen LogP contribution in [-0.4, -0.2) is 36.2 Å². The Morgan fingerprint density at radius 3 is 2.78 bits per heavy atom. The third kappa shape index (κ3) is 5.36. The van der Waals surface area contributed by atoms with Crippen molar-refractivity contribution in [2.45, 2.75) is 64.5 Å². The number of aliphatic hydroxyl groups excluding tert-OH is 1. The van der Waals surface area contributed by atoms with Gasteiger partial charge in [-0.3, -0.25) is 4.79 Å². The largest absolute Gasteiger partial charge is 0.396 e. The molecule has 3 atom stereocenters. The summed E-state index contributed by atoms with van der Waals surface area (Å²) in [7, 11) is 0. The van der Waals surface area contributed by atoms with Gasteiger partial charge < -0.3 is 15.7 Å². The van der Waals surface area contributed by atoms with Crippen LogP contribution < -0.4 is 10.6 Å². The van der Waals surface area contributed by atoms with Crippen molar-refractivity contribution in [1.29, 1.82) is 0 Å². The van der Waals surface area contributed by atoms with E-state index in [4.69, 9.17) is 0 Å². The van der Waals surface area contributed by atoms with Gasteiger partial charge in [-0.25, -0.2) is 0 Å². The Bertz CT molecular complexity index is 246. The molecule has 0 aromatic rings. The zero-order valence-electron chi connectivity index (χ0n) is 11.7. The number of carbonyl (C=O) groups is 1. The number of carbonyl (C=O) groups excluding carboxylic acids is 1. The predicted molar refractivity (Wildman–Crippen MR) is 73.3 cm³/mol. The van der Waals surface area contributed by atoms with Crippen LogP contribution in [0.25, 0.3) is 0 Å². The molecule has 0 heterocycles. The molecule has 18 heavy (non-hydrogen) atoms. The topological polar surface area (TPSA) is 61.4 Å². The Morgan fingerprint density at radius 1 is 1.39 bits per heavy atom. The highest BCUT2D eigenvalue weighted by atomic mass is 16.3. The quantitative estimate of drug-likeness (QED) is 0.646. The van der Waals surface area contributed by atoms with Gasteiger partial charge in [0.2, 0.25) is 5.91 Å². The van der Waals surface area contributed by atoms with Crippen LogP contribution in [0.1, 0.15) is 52.4 Å². The Hall–Kier alpha value is -0.610. The molecule has 0 aliphatic heterocycles. The summed E-state index contributed by atoms with van der Waals surface area (Å²) in [5.74, 6) is 0.387. The van der Waals surface area contributed by atoms with Crippen LogP contribution in [0.5, 0.6) is 0 Å². The van der Waals surface area contributed by atoms with Gasteiger partial charge in [-0.2, -0.15) is 0 Å². The molecule has 0 saturated heterocycles. The summed E-state index contributed by atoms with van der Waals surface area (Å²) < 4.78 is 0. The van der Waals surface area contributed by atoms with Gasteiger partial charge >= 0.3 is 0 Å². The second-order valence-corrected chi connectivity index (χ2v) is 5.47. The zero-order chi connectivity index (χ0) is 13.4. The number of hydrogen-bond acceptors (Lipinski definition) is 3. The van der Waals surface area contributed by atoms with Crippen LogP contribution >= 0.6 is 0 Å². The van der Waals surface area contributed by atoms with Crippen molar-refractivity contribution in [1.82, 2.24) is 10.6 Å². The lowest BCUT2D eigenvalue weighted by atomic mass is 9.85. The first-order chi connectivity index (χ1) is 8.67. The van der Waals surface area contributed by atoms with Crippen LogP contribution in [0.4, 0.5) is 0 Å². The van der Waals surface area contributed by atoms with Crippen molar-refractivity contribution >= 4 is 5.91 Å².